The second kappa shape index (κ2) is 9.93. The fraction of sp³-hybridized carbons (Fsp3) is 0.360. The maximum Gasteiger partial charge on any atom is 0.226 e. The van der Waals surface area contributed by atoms with Crippen LogP contribution < -0.4 is 4.31 Å². The molecule has 1 aromatic heterocycles. The number of nitrogens with one attached hydrogen (secondary N) is 1. The number of carbonyl (C=O) groups is 1. The van der Waals surface area contributed by atoms with E-state index in [1.807, 2.05) is 35.4 Å². The zero-order valence-electron chi connectivity index (χ0n) is 19.2. The molecule has 2 aliphatic rings. The molecule has 3 aromatic rings. The van der Waals surface area contributed by atoms with Crippen LogP contribution in [-0.4, -0.2) is 49.4 Å². The molecule has 0 saturated carbocycles. The summed E-state index contributed by atoms with van der Waals surface area (Å²) in [5.74, 6) is 0.0398. The Kier molecular flexibility index (Phi) is 6.90. The summed E-state index contributed by atoms with van der Waals surface area (Å²) in [5, 5.41) is 8.25. The zero-order valence-corrected chi connectivity index (χ0v) is 21.5. The summed E-state index contributed by atoms with van der Waals surface area (Å²) < 4.78 is 23.5. The van der Waals surface area contributed by atoms with Crippen molar-refractivity contribution >= 4 is 46.1 Å². The van der Waals surface area contributed by atoms with Gasteiger partial charge in [-0.2, -0.15) is 5.10 Å². The Morgan fingerprint density at radius 1 is 1.17 bits per heavy atom. The fourth-order valence-corrected chi connectivity index (χ4v) is 6.07. The molecule has 1 aliphatic carbocycles. The maximum absolute atomic E-state index is 13.3. The Bertz CT molecular complexity index is 1260. The molecule has 2 aromatic carbocycles. The molecule has 1 amide bonds. The van der Waals surface area contributed by atoms with Crippen LogP contribution in [0.3, 0.4) is 0 Å². The summed E-state index contributed by atoms with van der Waals surface area (Å²) in [5.41, 5.74) is 5.44. The molecule has 1 saturated heterocycles. The number of halogens is 2. The molecule has 1 N–H and O–H groups in total. The average molecular weight is 532 g/mol. The third-order valence-corrected chi connectivity index (χ3v) is 8.49. The van der Waals surface area contributed by atoms with Crippen molar-refractivity contribution in [3.05, 3.63) is 69.5 Å². The Labute approximate surface area is 216 Å². The highest BCUT2D eigenvalue weighted by Crippen LogP contribution is 2.37. The molecule has 7 nitrogen and oxygen atoms in total. The average Bonchev–Trinajstić information content (AvgIpc) is 3.46. The third kappa shape index (κ3) is 4.85. The zero-order chi connectivity index (χ0) is 24.7. The Balaban J connectivity index is 1.29. The normalized spacial score (nSPS) is 20.7. The fourth-order valence-electron chi connectivity index (χ4n) is 5.14. The molecule has 3 unspecified atom stereocenters. The largest absolute Gasteiger partial charge is 0.755 e. The second-order valence-electron chi connectivity index (χ2n) is 9.17. The molecular weight excluding hydrogens is 507 g/mol. The van der Waals surface area contributed by atoms with Crippen LogP contribution >= 0.6 is 23.2 Å². The number of H-pyrrole nitrogens is 1. The van der Waals surface area contributed by atoms with Crippen LogP contribution in [-0.2, 0) is 35.3 Å². The summed E-state index contributed by atoms with van der Waals surface area (Å²) in [6.45, 7) is 0.754. The first-order valence-corrected chi connectivity index (χ1v) is 13.3. The summed E-state index contributed by atoms with van der Waals surface area (Å²) in [7, 11) is 1.48. The van der Waals surface area contributed by atoms with Gasteiger partial charge in [0.15, 0.2) is 0 Å². The first-order chi connectivity index (χ1) is 16.8. The smallest absolute Gasteiger partial charge is 0.226 e. The lowest BCUT2D eigenvalue weighted by atomic mass is 9.92. The number of likely N-dealkylation sites (tertiary alicyclic amines) is 1. The van der Waals surface area contributed by atoms with E-state index in [0.29, 0.717) is 22.2 Å². The van der Waals surface area contributed by atoms with Gasteiger partial charge >= 0.3 is 0 Å². The lowest BCUT2D eigenvalue weighted by molar-refractivity contribution is -0.133. The molecule has 35 heavy (non-hydrogen) atoms. The van der Waals surface area contributed by atoms with Gasteiger partial charge in [0.2, 0.25) is 5.91 Å². The number of carbonyl (C=O) groups excluding carboxylic acids is 1. The number of benzene rings is 2. The number of aromatic nitrogens is 2. The van der Waals surface area contributed by atoms with Gasteiger partial charge in [0.05, 0.1) is 6.20 Å². The number of nitrogens with zero attached hydrogens (tertiary/aromatic N) is 3. The van der Waals surface area contributed by atoms with E-state index in [4.69, 9.17) is 23.2 Å². The van der Waals surface area contributed by atoms with Gasteiger partial charge in [-0.05, 0) is 78.6 Å². The number of aryl methyl sites for hydroxylation is 1. The monoisotopic (exact) mass is 531 g/mol. The van der Waals surface area contributed by atoms with Crippen molar-refractivity contribution in [3.8, 4) is 11.1 Å². The van der Waals surface area contributed by atoms with Crippen LogP contribution in [0.25, 0.3) is 11.1 Å². The molecule has 0 radical (unpaired) electrons. The number of hydrogen-bond acceptors (Lipinski definition) is 4. The quantitative estimate of drug-likeness (QED) is 0.471. The Morgan fingerprint density at radius 3 is 2.57 bits per heavy atom. The molecule has 2 heterocycles. The molecule has 3 atom stereocenters. The molecule has 1 fully saturated rings. The SMILES string of the molecule is CN(c1ccc(-c2cc(Cl)c(CC3CCN(C4CCc5[nH]ncc5C4)C3=O)c(Cl)c2)cc1)S(=O)[O-]. The highest BCUT2D eigenvalue weighted by atomic mass is 35.5. The number of fused-ring (bicyclic) bond motifs is 1. The van der Waals surface area contributed by atoms with Gasteiger partial charge in [-0.25, -0.2) is 0 Å². The van der Waals surface area contributed by atoms with Gasteiger partial charge in [0, 0.05) is 58.2 Å². The highest BCUT2D eigenvalue weighted by molar-refractivity contribution is 7.80. The summed E-state index contributed by atoms with van der Waals surface area (Å²) in [4.78, 5) is 15.3. The number of aromatic amines is 1. The van der Waals surface area contributed by atoms with Crippen LogP contribution in [0.2, 0.25) is 10.0 Å². The van der Waals surface area contributed by atoms with E-state index in [1.54, 1.807) is 12.1 Å². The summed E-state index contributed by atoms with van der Waals surface area (Å²) in [6, 6.07) is 11.0. The predicted molar refractivity (Wildman–Crippen MR) is 137 cm³/mol. The molecule has 184 valence electrons. The van der Waals surface area contributed by atoms with Gasteiger partial charge in [-0.15, -0.1) is 0 Å². The van der Waals surface area contributed by atoms with Crippen molar-refractivity contribution < 1.29 is 13.6 Å². The van der Waals surface area contributed by atoms with Crippen molar-refractivity contribution in [3.63, 3.8) is 0 Å². The van der Waals surface area contributed by atoms with E-state index in [2.05, 4.69) is 10.2 Å². The lowest BCUT2D eigenvalue weighted by Gasteiger charge is -2.31. The van der Waals surface area contributed by atoms with Crippen molar-refractivity contribution in [2.75, 3.05) is 17.9 Å². The molecule has 0 bridgehead atoms. The Morgan fingerprint density at radius 2 is 1.89 bits per heavy atom. The predicted octanol–water partition coefficient (Wildman–Crippen LogP) is 4.56. The first-order valence-electron chi connectivity index (χ1n) is 11.5. The number of amides is 1. The summed E-state index contributed by atoms with van der Waals surface area (Å²) >= 11 is 11.0. The Hall–Kier alpha value is -2.39. The van der Waals surface area contributed by atoms with Crippen molar-refractivity contribution in [1.82, 2.24) is 15.1 Å². The number of hydrogen-bond donors (Lipinski definition) is 1. The number of rotatable bonds is 6. The van der Waals surface area contributed by atoms with Crippen LogP contribution in [0.1, 0.15) is 29.7 Å². The number of anilines is 1. The minimum absolute atomic E-state index is 0.135. The first kappa shape index (κ1) is 24.3. The minimum Gasteiger partial charge on any atom is -0.755 e. The van der Waals surface area contributed by atoms with Gasteiger partial charge in [-0.3, -0.25) is 14.1 Å². The van der Waals surface area contributed by atoms with E-state index in [0.717, 1.165) is 53.2 Å². The molecule has 5 rings (SSSR count). The van der Waals surface area contributed by atoms with E-state index in [-0.39, 0.29) is 17.9 Å². The molecule has 1 aliphatic heterocycles. The van der Waals surface area contributed by atoms with Crippen LogP contribution in [0, 0.1) is 5.92 Å². The van der Waals surface area contributed by atoms with Gasteiger partial charge in [-0.1, -0.05) is 35.3 Å². The van der Waals surface area contributed by atoms with Crippen molar-refractivity contribution in [2.24, 2.45) is 5.92 Å². The molecular formula is C25H25Cl2N4O3S-. The van der Waals surface area contributed by atoms with E-state index in [1.165, 1.54) is 18.3 Å². The topological polar surface area (TPSA) is 92.4 Å². The minimum atomic E-state index is -2.33. The molecule has 0 spiro atoms. The van der Waals surface area contributed by atoms with Crippen molar-refractivity contribution in [2.45, 2.75) is 38.1 Å². The molecule has 10 heteroatoms. The van der Waals surface area contributed by atoms with E-state index >= 15 is 0 Å². The lowest BCUT2D eigenvalue weighted by Crippen LogP contribution is -2.41. The van der Waals surface area contributed by atoms with Gasteiger partial charge in [0.1, 0.15) is 0 Å². The maximum atomic E-state index is 13.3. The second-order valence-corrected chi connectivity index (χ2v) is 11.0. The standard InChI is InChI=1S/C25H26Cl2N4O3S/c1-30(35(33)34)19-4-2-15(3-5-19)17-12-22(26)21(23(27)13-17)11-16-8-9-31(25(16)32)20-6-7-24-18(10-20)14-28-29-24/h2-5,12-14,16,20H,6-11H2,1H3,(H,28,29)(H,33,34)/p-1. The van der Waals surface area contributed by atoms with Crippen LogP contribution in [0.15, 0.2) is 42.6 Å². The third-order valence-electron chi connectivity index (χ3n) is 7.16. The van der Waals surface area contributed by atoms with Crippen molar-refractivity contribution in [1.29, 1.82) is 0 Å². The van der Waals surface area contributed by atoms with Gasteiger partial charge in [0.25, 0.3) is 0 Å². The van der Waals surface area contributed by atoms with Gasteiger partial charge < -0.3 is 13.8 Å². The van der Waals surface area contributed by atoms with E-state index < -0.39 is 11.3 Å². The summed E-state index contributed by atoms with van der Waals surface area (Å²) in [6.07, 6.45) is 5.88. The van der Waals surface area contributed by atoms with Crippen LogP contribution in [0.5, 0.6) is 0 Å². The highest BCUT2D eigenvalue weighted by Gasteiger charge is 2.37. The van der Waals surface area contributed by atoms with Crippen LogP contribution in [0.4, 0.5) is 5.69 Å². The van der Waals surface area contributed by atoms with E-state index in [9.17, 15) is 13.6 Å².